The van der Waals surface area contributed by atoms with Crippen molar-refractivity contribution in [2.24, 2.45) is 7.05 Å². The van der Waals surface area contributed by atoms with E-state index in [1.54, 1.807) is 24.5 Å². The highest BCUT2D eigenvalue weighted by atomic mass is 19.1. The Labute approximate surface area is 213 Å². The number of carbonyl (C=O) groups is 1. The van der Waals surface area contributed by atoms with Crippen LogP contribution in [0.25, 0.3) is 22.3 Å². The Morgan fingerprint density at radius 1 is 1.11 bits per heavy atom. The van der Waals surface area contributed by atoms with Crippen LogP contribution in [0.4, 0.5) is 16.2 Å². The van der Waals surface area contributed by atoms with E-state index in [1.165, 1.54) is 0 Å². The lowest BCUT2D eigenvalue weighted by atomic mass is 10.1. The molecule has 1 amide bonds. The van der Waals surface area contributed by atoms with Crippen LogP contribution in [-0.2, 0) is 7.05 Å². The Morgan fingerprint density at radius 3 is 2.59 bits per heavy atom. The van der Waals surface area contributed by atoms with Gasteiger partial charge in [-0.15, -0.1) is 0 Å². The summed E-state index contributed by atoms with van der Waals surface area (Å²) in [5.41, 5.74) is 2.83. The summed E-state index contributed by atoms with van der Waals surface area (Å²) in [6.07, 6.45) is 6.31. The zero-order chi connectivity index (χ0) is 25.7. The fraction of sp³-hybridized carbons (Fsp3) is 0.385. The van der Waals surface area contributed by atoms with Crippen LogP contribution in [0.15, 0.2) is 36.8 Å². The van der Waals surface area contributed by atoms with E-state index in [-0.39, 0.29) is 35.6 Å². The van der Waals surface area contributed by atoms with Crippen molar-refractivity contribution in [3.63, 3.8) is 0 Å². The summed E-state index contributed by atoms with van der Waals surface area (Å²) in [5.74, 6) is 0.328. The average molecular weight is 502 g/mol. The van der Waals surface area contributed by atoms with Gasteiger partial charge in [-0.3, -0.25) is 9.48 Å². The fourth-order valence-corrected chi connectivity index (χ4v) is 5.51. The molecule has 2 saturated heterocycles. The molecule has 0 aromatic carbocycles. The molecule has 4 aromatic heterocycles. The van der Waals surface area contributed by atoms with Crippen LogP contribution < -0.4 is 10.6 Å². The van der Waals surface area contributed by atoms with Gasteiger partial charge < -0.3 is 15.5 Å². The molecule has 4 aromatic rings. The van der Waals surface area contributed by atoms with Crippen molar-refractivity contribution < 1.29 is 9.18 Å². The zero-order valence-corrected chi connectivity index (χ0v) is 20.9. The molecular formula is C26H28FN9O. The summed E-state index contributed by atoms with van der Waals surface area (Å²) in [4.78, 5) is 32.4. The van der Waals surface area contributed by atoms with Crippen molar-refractivity contribution in [3.8, 4) is 11.3 Å². The number of aryl methyl sites for hydroxylation is 1. The fourth-order valence-electron chi connectivity index (χ4n) is 5.51. The summed E-state index contributed by atoms with van der Waals surface area (Å²) in [5, 5.41) is 11.7. The van der Waals surface area contributed by atoms with E-state index >= 15 is 0 Å². The Balaban J connectivity index is 1.24. The molecule has 2 aliphatic heterocycles. The first-order valence-electron chi connectivity index (χ1n) is 12.5. The first-order chi connectivity index (χ1) is 17.9. The SMILES string of the molecule is CC(C)c1c2cc(-c3nc(Nc4ccc(C(=O)N5C6CCC5CNC6)cn4)ncc3F)cnc2nn1C. The summed E-state index contributed by atoms with van der Waals surface area (Å²) in [7, 11) is 1.88. The highest BCUT2D eigenvalue weighted by molar-refractivity contribution is 5.95. The molecule has 2 aliphatic rings. The van der Waals surface area contributed by atoms with Gasteiger partial charge in [0, 0.05) is 55.6 Å². The van der Waals surface area contributed by atoms with Crippen LogP contribution in [-0.4, -0.2) is 65.7 Å². The normalized spacial score (nSPS) is 19.1. The molecule has 0 radical (unpaired) electrons. The van der Waals surface area contributed by atoms with Gasteiger partial charge in [-0.25, -0.2) is 24.3 Å². The number of fused-ring (bicyclic) bond motifs is 3. The Morgan fingerprint density at radius 2 is 1.89 bits per heavy atom. The van der Waals surface area contributed by atoms with Gasteiger partial charge in [0.25, 0.3) is 5.91 Å². The van der Waals surface area contributed by atoms with Crippen molar-refractivity contribution in [1.29, 1.82) is 0 Å². The summed E-state index contributed by atoms with van der Waals surface area (Å²) in [6, 6.07) is 5.81. The lowest BCUT2D eigenvalue weighted by molar-refractivity contribution is 0.0619. The highest BCUT2D eigenvalue weighted by Gasteiger charge is 2.39. The lowest BCUT2D eigenvalue weighted by Gasteiger charge is -2.35. The van der Waals surface area contributed by atoms with Crippen LogP contribution in [0.5, 0.6) is 0 Å². The number of piperazine rings is 1. The van der Waals surface area contributed by atoms with E-state index in [1.807, 2.05) is 22.7 Å². The molecule has 0 spiro atoms. The third kappa shape index (κ3) is 4.18. The van der Waals surface area contributed by atoms with Crippen LogP contribution in [0.1, 0.15) is 48.7 Å². The second-order valence-electron chi connectivity index (χ2n) is 9.96. The van der Waals surface area contributed by atoms with Crippen LogP contribution in [0, 0.1) is 5.82 Å². The van der Waals surface area contributed by atoms with Gasteiger partial charge in [-0.05, 0) is 37.0 Å². The van der Waals surface area contributed by atoms with E-state index < -0.39 is 5.82 Å². The molecule has 10 nitrogen and oxygen atoms in total. The maximum atomic E-state index is 14.8. The summed E-state index contributed by atoms with van der Waals surface area (Å²) in [6.45, 7) is 5.83. The predicted octanol–water partition coefficient (Wildman–Crippen LogP) is 3.40. The molecule has 2 fully saturated rings. The first kappa shape index (κ1) is 23.4. The van der Waals surface area contributed by atoms with E-state index in [0.29, 0.717) is 22.6 Å². The quantitative estimate of drug-likeness (QED) is 0.428. The molecule has 2 atom stereocenters. The van der Waals surface area contributed by atoms with Crippen molar-refractivity contribution in [2.45, 2.75) is 44.7 Å². The number of nitrogens with zero attached hydrogens (tertiary/aromatic N) is 7. The first-order valence-corrected chi connectivity index (χ1v) is 12.5. The number of anilines is 2. The topological polar surface area (TPSA) is 114 Å². The van der Waals surface area contributed by atoms with Gasteiger partial charge in [0.05, 0.1) is 17.5 Å². The number of nitrogens with one attached hydrogen (secondary N) is 2. The molecule has 6 heterocycles. The summed E-state index contributed by atoms with van der Waals surface area (Å²) >= 11 is 0. The molecule has 0 saturated carbocycles. The molecule has 11 heteroatoms. The average Bonchev–Trinajstić information content (AvgIpc) is 3.35. The highest BCUT2D eigenvalue weighted by Crippen LogP contribution is 2.30. The van der Waals surface area contributed by atoms with Gasteiger partial charge in [0.1, 0.15) is 11.5 Å². The third-order valence-electron chi connectivity index (χ3n) is 7.17. The molecule has 0 aliphatic carbocycles. The number of hydrogen-bond acceptors (Lipinski definition) is 8. The van der Waals surface area contributed by atoms with Gasteiger partial charge >= 0.3 is 0 Å². The second kappa shape index (κ2) is 9.15. The minimum Gasteiger partial charge on any atom is -0.330 e. The largest absolute Gasteiger partial charge is 0.330 e. The molecule has 2 N–H and O–H groups in total. The minimum atomic E-state index is -0.554. The van der Waals surface area contributed by atoms with Crippen molar-refractivity contribution in [1.82, 2.24) is 39.9 Å². The van der Waals surface area contributed by atoms with Gasteiger partial charge in [0.2, 0.25) is 5.95 Å². The molecular weight excluding hydrogens is 473 g/mol. The number of amides is 1. The molecule has 2 unspecified atom stereocenters. The number of hydrogen-bond donors (Lipinski definition) is 2. The Bertz CT molecular complexity index is 1470. The molecule has 37 heavy (non-hydrogen) atoms. The standard InChI is InChI=1S/C26H28FN9O/c1-14(2)23-19-8-16(10-30-24(19)34-35(23)3)22-20(27)13-31-26(33-22)32-21-7-4-15(9-29-21)25(37)36-17-5-6-18(36)12-28-11-17/h4,7-10,13-14,17-18,28H,5-6,11-12H2,1-3H3,(H,29,31,32,33). The Kier molecular flexibility index (Phi) is 5.79. The number of carbonyl (C=O) groups excluding carboxylic acids is 1. The van der Waals surface area contributed by atoms with Gasteiger partial charge in [-0.2, -0.15) is 5.10 Å². The zero-order valence-electron chi connectivity index (χ0n) is 20.9. The smallest absolute Gasteiger partial charge is 0.256 e. The van der Waals surface area contributed by atoms with E-state index in [4.69, 9.17) is 0 Å². The van der Waals surface area contributed by atoms with E-state index in [0.717, 1.165) is 43.2 Å². The predicted molar refractivity (Wildman–Crippen MR) is 137 cm³/mol. The third-order valence-corrected chi connectivity index (χ3v) is 7.17. The van der Waals surface area contributed by atoms with E-state index in [2.05, 4.69) is 49.5 Å². The molecule has 6 rings (SSSR count). The van der Waals surface area contributed by atoms with Gasteiger partial charge in [-0.1, -0.05) is 13.8 Å². The minimum absolute atomic E-state index is 0.00688. The second-order valence-corrected chi connectivity index (χ2v) is 9.96. The molecule has 190 valence electrons. The van der Waals surface area contributed by atoms with Crippen LogP contribution >= 0.6 is 0 Å². The van der Waals surface area contributed by atoms with Crippen molar-refractivity contribution in [2.75, 3.05) is 18.4 Å². The van der Waals surface area contributed by atoms with Crippen LogP contribution in [0.3, 0.4) is 0 Å². The van der Waals surface area contributed by atoms with E-state index in [9.17, 15) is 9.18 Å². The van der Waals surface area contributed by atoms with Gasteiger partial charge in [0.15, 0.2) is 11.5 Å². The number of rotatable bonds is 5. The number of halogens is 1. The summed E-state index contributed by atoms with van der Waals surface area (Å²) < 4.78 is 16.6. The Hall–Kier alpha value is -3.99. The monoisotopic (exact) mass is 501 g/mol. The number of aromatic nitrogens is 6. The number of pyridine rings is 2. The molecule has 2 bridgehead atoms. The maximum Gasteiger partial charge on any atom is 0.256 e. The maximum absolute atomic E-state index is 14.8. The van der Waals surface area contributed by atoms with Crippen molar-refractivity contribution in [3.05, 3.63) is 53.9 Å². The van der Waals surface area contributed by atoms with Crippen LogP contribution in [0.2, 0.25) is 0 Å². The lowest BCUT2D eigenvalue weighted by Crippen LogP contribution is -2.54. The van der Waals surface area contributed by atoms with Crippen molar-refractivity contribution >= 4 is 28.7 Å².